The molecule has 1 amide bonds. The van der Waals surface area contributed by atoms with Crippen LogP contribution in [-0.4, -0.2) is 29.8 Å². The van der Waals surface area contributed by atoms with Gasteiger partial charge in [0.25, 0.3) is 0 Å². The largest absolute Gasteiger partial charge is 0.481 e. The van der Waals surface area contributed by atoms with Crippen LogP contribution in [0.3, 0.4) is 0 Å². The molecule has 6 nitrogen and oxygen atoms in total. The molecule has 150 valence electrons. The third-order valence-electron chi connectivity index (χ3n) is 6.67. The lowest BCUT2D eigenvalue weighted by atomic mass is 9.80. The fourth-order valence-electron chi connectivity index (χ4n) is 4.79. The molecule has 0 spiro atoms. The number of hydrogen-bond donors (Lipinski definition) is 2. The van der Waals surface area contributed by atoms with Gasteiger partial charge in [0.2, 0.25) is 0 Å². The molecule has 1 heterocycles. The minimum Gasteiger partial charge on any atom is -0.481 e. The van der Waals surface area contributed by atoms with E-state index in [1.165, 1.54) is 0 Å². The van der Waals surface area contributed by atoms with Gasteiger partial charge in [-0.1, -0.05) is 42.5 Å². The van der Waals surface area contributed by atoms with Crippen molar-refractivity contribution >= 4 is 17.7 Å². The summed E-state index contributed by atoms with van der Waals surface area (Å²) in [6.45, 7) is 1.57. The summed E-state index contributed by atoms with van der Waals surface area (Å²) in [4.78, 5) is 25.6. The van der Waals surface area contributed by atoms with Crippen LogP contribution in [0.5, 0.6) is 0 Å². The normalized spacial score (nSPS) is 26.3. The van der Waals surface area contributed by atoms with E-state index in [1.54, 1.807) is 4.90 Å². The standard InChI is InChI=1S/C23H24N2O4/c26-21(27)23-11-18(23)19(12-23)24-13-16-6-7-17-8-9-25(20(17)10-16)22(28)29-14-15-4-2-1-3-5-15/h1-7,10,18-19,24H,8-9,11-14H2,(H,26,27)/t18-,19+,23-/m0/s1. The lowest BCUT2D eigenvalue weighted by molar-refractivity contribution is -0.147. The Morgan fingerprint density at radius 1 is 1.14 bits per heavy atom. The zero-order valence-electron chi connectivity index (χ0n) is 16.1. The van der Waals surface area contributed by atoms with Gasteiger partial charge in [-0.05, 0) is 47.9 Å². The van der Waals surface area contributed by atoms with Gasteiger partial charge in [0, 0.05) is 19.1 Å². The molecule has 0 radical (unpaired) electrons. The van der Waals surface area contributed by atoms with E-state index in [1.807, 2.05) is 30.3 Å². The second-order valence-corrected chi connectivity index (χ2v) is 8.37. The Kier molecular flexibility index (Phi) is 4.32. The Labute approximate surface area is 169 Å². The van der Waals surface area contributed by atoms with E-state index < -0.39 is 11.4 Å². The molecule has 0 unspecified atom stereocenters. The summed E-state index contributed by atoms with van der Waals surface area (Å²) in [6, 6.07) is 16.2. The highest BCUT2D eigenvalue weighted by molar-refractivity contribution is 5.90. The third kappa shape index (κ3) is 3.17. The van der Waals surface area contributed by atoms with Gasteiger partial charge < -0.3 is 15.2 Å². The first-order valence-corrected chi connectivity index (χ1v) is 10.1. The number of benzene rings is 2. The summed E-state index contributed by atoms with van der Waals surface area (Å²) in [7, 11) is 0. The van der Waals surface area contributed by atoms with Crippen LogP contribution < -0.4 is 10.2 Å². The first kappa shape index (κ1) is 18.2. The van der Waals surface area contributed by atoms with Gasteiger partial charge in [0.15, 0.2) is 0 Å². The van der Waals surface area contributed by atoms with E-state index in [-0.39, 0.29) is 24.7 Å². The highest BCUT2D eigenvalue weighted by Crippen LogP contribution is 2.67. The maximum absolute atomic E-state index is 12.6. The number of amides is 1. The molecule has 2 saturated carbocycles. The van der Waals surface area contributed by atoms with Crippen LogP contribution in [0.1, 0.15) is 29.5 Å². The van der Waals surface area contributed by atoms with Crippen LogP contribution in [0.4, 0.5) is 10.5 Å². The monoisotopic (exact) mass is 392 g/mol. The summed E-state index contributed by atoms with van der Waals surface area (Å²) in [5, 5.41) is 12.8. The number of aliphatic carboxylic acids is 1. The van der Waals surface area contributed by atoms with Crippen LogP contribution in [0.25, 0.3) is 0 Å². The Morgan fingerprint density at radius 3 is 2.69 bits per heavy atom. The topological polar surface area (TPSA) is 78.9 Å². The summed E-state index contributed by atoms with van der Waals surface area (Å²) >= 11 is 0. The van der Waals surface area contributed by atoms with Crippen molar-refractivity contribution in [3.63, 3.8) is 0 Å². The van der Waals surface area contributed by atoms with Gasteiger partial charge in [-0.2, -0.15) is 0 Å². The number of carboxylic acids is 1. The summed E-state index contributed by atoms with van der Waals surface area (Å²) in [5.74, 6) is -0.373. The maximum Gasteiger partial charge on any atom is 0.414 e. The van der Waals surface area contributed by atoms with Crippen molar-refractivity contribution in [2.45, 2.75) is 38.5 Å². The number of carbonyl (C=O) groups is 2. The SMILES string of the molecule is O=C(OCc1ccccc1)N1CCc2ccc(CN[C@@H]3C[C@@]4(C(=O)O)C[C@@H]34)cc21. The molecular weight excluding hydrogens is 368 g/mol. The van der Waals surface area contributed by atoms with E-state index in [9.17, 15) is 14.7 Å². The number of carboxylic acid groups (broad SMARTS) is 1. The number of carbonyl (C=O) groups excluding carboxylic acids is 1. The molecule has 2 fully saturated rings. The number of hydrogen-bond acceptors (Lipinski definition) is 4. The van der Waals surface area contributed by atoms with Crippen LogP contribution in [0.15, 0.2) is 48.5 Å². The quantitative estimate of drug-likeness (QED) is 0.788. The number of ether oxygens (including phenoxy) is 1. The fraction of sp³-hybridized carbons (Fsp3) is 0.391. The van der Waals surface area contributed by atoms with E-state index in [2.05, 4.69) is 23.5 Å². The van der Waals surface area contributed by atoms with E-state index >= 15 is 0 Å². The zero-order chi connectivity index (χ0) is 20.0. The van der Waals surface area contributed by atoms with Crippen molar-refractivity contribution in [3.05, 3.63) is 65.2 Å². The number of rotatable bonds is 6. The molecule has 2 aromatic rings. The number of anilines is 1. The van der Waals surface area contributed by atoms with Crippen LogP contribution >= 0.6 is 0 Å². The fourth-order valence-corrected chi connectivity index (χ4v) is 4.79. The molecule has 3 aliphatic rings. The van der Waals surface area contributed by atoms with Gasteiger partial charge in [-0.15, -0.1) is 0 Å². The summed E-state index contributed by atoms with van der Waals surface area (Å²) < 4.78 is 5.50. The summed E-state index contributed by atoms with van der Waals surface area (Å²) in [6.07, 6.45) is 2.03. The van der Waals surface area contributed by atoms with Gasteiger partial charge >= 0.3 is 12.1 Å². The number of fused-ring (bicyclic) bond motifs is 2. The third-order valence-corrected chi connectivity index (χ3v) is 6.67. The van der Waals surface area contributed by atoms with Crippen molar-refractivity contribution in [1.29, 1.82) is 0 Å². The number of nitrogens with zero attached hydrogens (tertiary/aromatic N) is 1. The molecular formula is C23H24N2O4. The molecule has 2 aliphatic carbocycles. The average Bonchev–Trinajstić information content (AvgIpc) is 3.13. The predicted octanol–water partition coefficient (Wildman–Crippen LogP) is 3.34. The van der Waals surface area contributed by atoms with E-state index in [0.29, 0.717) is 13.1 Å². The molecule has 0 saturated heterocycles. The Morgan fingerprint density at radius 2 is 1.97 bits per heavy atom. The highest BCUT2D eigenvalue weighted by Gasteiger charge is 2.71. The van der Waals surface area contributed by atoms with Crippen LogP contribution in [0.2, 0.25) is 0 Å². The molecule has 6 heteroatoms. The molecule has 1 aliphatic heterocycles. The van der Waals surface area contributed by atoms with E-state index in [0.717, 1.165) is 41.6 Å². The molecule has 3 atom stereocenters. The molecule has 5 rings (SSSR count). The van der Waals surface area contributed by atoms with E-state index in [4.69, 9.17) is 4.74 Å². The number of nitrogens with one attached hydrogen (secondary N) is 1. The second kappa shape index (κ2) is 6.88. The predicted molar refractivity (Wildman–Crippen MR) is 108 cm³/mol. The molecule has 2 N–H and O–H groups in total. The van der Waals surface area contributed by atoms with Crippen molar-refractivity contribution in [1.82, 2.24) is 5.32 Å². The van der Waals surface area contributed by atoms with Crippen LogP contribution in [-0.2, 0) is 29.1 Å². The molecule has 2 aromatic carbocycles. The Hall–Kier alpha value is -2.86. The van der Waals surface area contributed by atoms with Crippen molar-refractivity contribution < 1.29 is 19.4 Å². The molecule has 0 aromatic heterocycles. The van der Waals surface area contributed by atoms with Crippen LogP contribution in [0, 0.1) is 11.3 Å². The Bertz CT molecular complexity index is 961. The lowest BCUT2D eigenvalue weighted by Gasteiger charge is -2.32. The van der Waals surface area contributed by atoms with Gasteiger partial charge in [-0.25, -0.2) is 4.79 Å². The maximum atomic E-state index is 12.6. The molecule has 0 bridgehead atoms. The minimum absolute atomic E-state index is 0.265. The minimum atomic E-state index is -0.650. The van der Waals surface area contributed by atoms with Gasteiger partial charge in [-0.3, -0.25) is 9.69 Å². The van der Waals surface area contributed by atoms with Gasteiger partial charge in [0.1, 0.15) is 6.61 Å². The first-order valence-electron chi connectivity index (χ1n) is 10.1. The summed E-state index contributed by atoms with van der Waals surface area (Å²) in [5.41, 5.74) is 3.70. The van der Waals surface area contributed by atoms with Crippen molar-refractivity contribution in [2.75, 3.05) is 11.4 Å². The second-order valence-electron chi connectivity index (χ2n) is 8.37. The molecule has 29 heavy (non-hydrogen) atoms. The highest BCUT2D eigenvalue weighted by atomic mass is 16.6. The Balaban J connectivity index is 1.19. The van der Waals surface area contributed by atoms with Crippen molar-refractivity contribution in [3.8, 4) is 0 Å². The average molecular weight is 392 g/mol. The zero-order valence-corrected chi connectivity index (χ0v) is 16.1. The smallest absolute Gasteiger partial charge is 0.414 e. The van der Waals surface area contributed by atoms with Crippen molar-refractivity contribution in [2.24, 2.45) is 11.3 Å². The lowest BCUT2D eigenvalue weighted by Crippen LogP contribution is -2.45. The first-order chi connectivity index (χ1) is 14.1. The van der Waals surface area contributed by atoms with Gasteiger partial charge in [0.05, 0.1) is 11.1 Å².